The fourth-order valence-corrected chi connectivity index (χ4v) is 14.4. The molecule has 0 heterocycles. The summed E-state index contributed by atoms with van der Waals surface area (Å²) in [5.74, 6) is -10.3. The molecule has 764 valence electrons. The van der Waals surface area contributed by atoms with Crippen LogP contribution in [0.5, 0.6) is 23.0 Å². The van der Waals surface area contributed by atoms with Crippen LogP contribution in [0.15, 0.2) is 255 Å². The van der Waals surface area contributed by atoms with Gasteiger partial charge in [0.1, 0.15) is 48.4 Å². The molecule has 0 aliphatic heterocycles. The molecule has 0 bridgehead atoms. The number of unbranched alkanes of at least 4 members (excludes halogenated alkanes) is 4. The molecule has 12 aromatic carbocycles. The summed E-state index contributed by atoms with van der Waals surface area (Å²) >= 11 is 0. The topological polar surface area (TPSA) is 573 Å². The van der Waals surface area contributed by atoms with Gasteiger partial charge in [0.15, 0.2) is 23.1 Å². The van der Waals surface area contributed by atoms with E-state index in [-0.39, 0.29) is 150 Å². The summed E-state index contributed by atoms with van der Waals surface area (Å²) in [6.45, 7) is 10.8. The molecule has 0 spiro atoms. The molecule has 0 saturated carbocycles. The number of rotatable bonds is 42. The third kappa shape index (κ3) is 35.4. The highest BCUT2D eigenvalue weighted by Gasteiger charge is 2.26. The molecule has 34 heteroatoms. The molecular weight excluding hydrogens is 1900 g/mol. The molecule has 0 saturated heterocycles. The molecule has 0 unspecified atom stereocenters. The minimum atomic E-state index is -1.22. The van der Waals surface area contributed by atoms with Crippen LogP contribution >= 0.6 is 0 Å². The molecule has 0 atom stereocenters. The number of nitrogens with zero attached hydrogens (tertiary/aromatic N) is 2. The van der Waals surface area contributed by atoms with Crippen molar-refractivity contribution in [3.63, 3.8) is 0 Å². The molecule has 12 rings (SSSR count). The number of aryl methyl sites for hydroxylation is 4. The molecule has 0 radical (unpaired) electrons. The SMILES string of the molecule is CC(=O)COc1ccc(NC(=O)c2ccccc2C(=O)O)cc1C#N.CC(=O)COc1ccc(NC(=O)c2ccccc2C(=O)O)cc1C#N.CCCCc1ccc(CC(=O)c2ccccc2C(=O)O)c(C(N)=O)c1.CCCCc1ccc(CC(=O)c2ccccc2C(=O)O)cc1OC.CCCCc1ccc(NC(=O)c2ccccc2C(=O)O)c(C(=O)O)c1.CCCCc1ccc(NC(=O)c2ccccc2C(=O)O)c(OC)c1. The number of primary amides is 1. The molecule has 0 aliphatic rings. The second-order valence-corrected chi connectivity index (χ2v) is 32.9. The fourth-order valence-electron chi connectivity index (χ4n) is 14.4. The standard InChI is InChI=1S/C20H21NO4.C20H22O4.C19H19NO5.C19H21NO4.2C18H14N2O5/c1-2-3-6-13-9-10-14(17(11-13)19(21)23)12-18(22)15-7-4-5-8-16(15)20(24)25;1-3-4-7-15-11-10-14(13-19(15)24-2)12-18(21)16-8-5-6-9-17(16)20(22)23;1-2-3-6-12-9-10-16(15(11-12)19(24)25)20-17(21)13-7-4-5-8-14(13)18(22)23;1-3-4-7-13-10-11-16(17(12-13)24-2)20-18(21)14-8-5-6-9-15(14)19(22)23;2*1-11(21)10-25-16-7-6-13(8-12(16)9-19)20-17(22)14-4-2-3-5-15(14)18(23)24/h4-5,7-11H,2-3,6,12H2,1H3,(H2,21,23)(H,24,25);5-6,8-11,13H,3-4,7,12H2,1-2H3,(H,22,23);4-5,7-11H,2-3,6H2,1H3,(H,20,21)(H,22,23)(H,24,25);5-6,8-12H,3-4,7H2,1-2H3,(H,20,21)(H,22,23);2*2-8H,10H2,1H3,(H,20,22)(H,23,24). The smallest absolute Gasteiger partial charge is 0.337 e. The lowest BCUT2D eigenvalue weighted by Gasteiger charge is -2.13. The molecule has 5 amide bonds. The van der Waals surface area contributed by atoms with Gasteiger partial charge in [0.25, 0.3) is 23.6 Å². The van der Waals surface area contributed by atoms with E-state index in [2.05, 4.69) is 42.0 Å². The Balaban J connectivity index is 0.000000240. The van der Waals surface area contributed by atoms with Crippen LogP contribution in [0.1, 0.15) is 282 Å². The number of ketones is 4. The van der Waals surface area contributed by atoms with Crippen molar-refractivity contribution >= 4 is 117 Å². The van der Waals surface area contributed by atoms with Crippen molar-refractivity contribution in [2.45, 2.75) is 131 Å². The van der Waals surface area contributed by atoms with E-state index in [4.69, 9.17) is 40.0 Å². The predicted octanol–water partition coefficient (Wildman–Crippen LogP) is 20.0. The second-order valence-electron chi connectivity index (χ2n) is 32.9. The maximum absolute atomic E-state index is 12.6. The lowest BCUT2D eigenvalue weighted by Crippen LogP contribution is -2.18. The molecule has 0 aliphatic carbocycles. The van der Waals surface area contributed by atoms with Crippen LogP contribution in [0.25, 0.3) is 0 Å². The van der Waals surface area contributed by atoms with Gasteiger partial charge in [0.05, 0.1) is 97.9 Å². The second kappa shape index (κ2) is 59.1. The van der Waals surface area contributed by atoms with Crippen LogP contribution in [0.2, 0.25) is 0 Å². The molecule has 148 heavy (non-hydrogen) atoms. The molecule has 12 aromatic rings. The van der Waals surface area contributed by atoms with Crippen molar-refractivity contribution in [2.75, 3.05) is 48.7 Å². The van der Waals surface area contributed by atoms with Gasteiger partial charge >= 0.3 is 41.8 Å². The zero-order valence-corrected chi connectivity index (χ0v) is 82.3. The monoisotopic (exact) mass is 2010 g/mol. The minimum absolute atomic E-state index is 0.00501. The summed E-state index contributed by atoms with van der Waals surface area (Å²) in [6, 6.07) is 69.9. The van der Waals surface area contributed by atoms with Crippen molar-refractivity contribution < 1.29 is 131 Å². The summed E-state index contributed by atoms with van der Waals surface area (Å²) in [5, 5.41) is 93.1. The van der Waals surface area contributed by atoms with E-state index >= 15 is 0 Å². The fraction of sp³-hybridized carbons (Fsp3) is 0.211. The van der Waals surface area contributed by atoms with Crippen LogP contribution in [-0.2, 0) is 48.1 Å². The Hall–Kier alpha value is -18.9. The Kier molecular flexibility index (Phi) is 46.4. The number of hydrogen-bond donors (Lipinski definition) is 12. The Morgan fingerprint density at radius 1 is 0.291 bits per heavy atom. The molecule has 34 nitrogen and oxygen atoms in total. The van der Waals surface area contributed by atoms with E-state index in [0.29, 0.717) is 33.9 Å². The maximum atomic E-state index is 12.6. The van der Waals surface area contributed by atoms with Gasteiger partial charge in [-0.15, -0.1) is 0 Å². The van der Waals surface area contributed by atoms with Gasteiger partial charge in [-0.1, -0.05) is 175 Å². The van der Waals surface area contributed by atoms with Gasteiger partial charge in [-0.2, -0.15) is 10.5 Å². The van der Waals surface area contributed by atoms with Gasteiger partial charge in [0, 0.05) is 40.9 Å². The maximum Gasteiger partial charge on any atom is 0.337 e. The normalized spacial score (nSPS) is 10.1. The molecule has 13 N–H and O–H groups in total. The largest absolute Gasteiger partial charge is 0.496 e. The average molecular weight is 2010 g/mol. The highest BCUT2D eigenvalue weighted by Crippen LogP contribution is 2.32. The van der Waals surface area contributed by atoms with Crippen LogP contribution in [-0.4, -0.2) is 158 Å². The van der Waals surface area contributed by atoms with Crippen molar-refractivity contribution in [1.29, 1.82) is 10.5 Å². The van der Waals surface area contributed by atoms with E-state index < -0.39 is 71.3 Å². The van der Waals surface area contributed by atoms with Gasteiger partial charge in [-0.3, -0.25) is 43.2 Å². The number of amides is 5. The summed E-state index contributed by atoms with van der Waals surface area (Å²) < 4.78 is 21.2. The number of hydrogen-bond acceptors (Lipinski definition) is 22. The number of nitriles is 2. The number of nitrogens with two attached hydrogens (primary N) is 1. The summed E-state index contributed by atoms with van der Waals surface area (Å²) in [4.78, 5) is 187. The average Bonchev–Trinajstić information content (AvgIpc) is 0.819. The number of aromatic carboxylic acids is 7. The Bertz CT molecular complexity index is 6710. The van der Waals surface area contributed by atoms with Gasteiger partial charge < -0.3 is 81.7 Å². The highest BCUT2D eigenvalue weighted by atomic mass is 16.5. The van der Waals surface area contributed by atoms with Crippen molar-refractivity contribution in [3.05, 3.63) is 377 Å². The Morgan fingerprint density at radius 3 is 0.926 bits per heavy atom. The number of Topliss-reactive ketones (excluding diaryl/α,β-unsaturated/α-hetero) is 4. The van der Waals surface area contributed by atoms with Gasteiger partial charge in [-0.25, -0.2) is 33.6 Å². The first-order chi connectivity index (χ1) is 70.8. The number of benzene rings is 12. The number of methoxy groups -OCH3 is 2. The van der Waals surface area contributed by atoms with Crippen molar-refractivity contribution in [1.82, 2.24) is 0 Å². The highest BCUT2D eigenvalue weighted by molar-refractivity contribution is 6.15. The van der Waals surface area contributed by atoms with Gasteiger partial charge in [0.2, 0.25) is 5.91 Å². The van der Waals surface area contributed by atoms with E-state index in [1.807, 2.05) is 55.5 Å². The van der Waals surface area contributed by atoms with E-state index in [9.17, 15) is 108 Å². The first-order valence-corrected chi connectivity index (χ1v) is 46.5. The van der Waals surface area contributed by atoms with Crippen molar-refractivity contribution in [3.8, 4) is 35.1 Å². The lowest BCUT2D eigenvalue weighted by atomic mass is 9.93. The first-order valence-electron chi connectivity index (χ1n) is 46.5. The van der Waals surface area contributed by atoms with Crippen LogP contribution in [0, 0.1) is 22.7 Å². The van der Waals surface area contributed by atoms with Gasteiger partial charge in [-0.05, 0) is 232 Å². The number of ether oxygens (including phenoxy) is 4. The quantitative estimate of drug-likeness (QED) is 0.0158. The number of nitrogens with one attached hydrogen (secondary N) is 4. The third-order valence-corrected chi connectivity index (χ3v) is 21.9. The zero-order chi connectivity index (χ0) is 109. The van der Waals surface area contributed by atoms with Crippen LogP contribution in [0.3, 0.4) is 0 Å². The van der Waals surface area contributed by atoms with Crippen LogP contribution < -0.4 is 45.9 Å². The molecular formula is C114H111N7O27. The van der Waals surface area contributed by atoms with Crippen molar-refractivity contribution in [2.24, 2.45) is 5.73 Å². The first kappa shape index (κ1) is 116. The number of carboxylic acids is 7. The third-order valence-electron chi connectivity index (χ3n) is 21.9. The number of carbonyl (C=O) groups is 16. The van der Waals surface area contributed by atoms with E-state index in [0.717, 1.165) is 111 Å². The van der Waals surface area contributed by atoms with E-state index in [1.165, 1.54) is 147 Å². The summed E-state index contributed by atoms with van der Waals surface area (Å²) in [6.07, 6.45) is 11.9. The number of anilines is 4. The minimum Gasteiger partial charge on any atom is -0.496 e. The Morgan fingerprint density at radius 2 is 0.581 bits per heavy atom. The van der Waals surface area contributed by atoms with E-state index in [1.54, 1.807) is 99.1 Å². The molecule has 0 aromatic heterocycles. The lowest BCUT2D eigenvalue weighted by molar-refractivity contribution is -0.119. The molecule has 0 fully saturated rings. The zero-order valence-electron chi connectivity index (χ0n) is 82.3. The number of carbonyl (C=O) groups excluding carboxylic acids is 9. The predicted molar refractivity (Wildman–Crippen MR) is 552 cm³/mol. The van der Waals surface area contributed by atoms with Crippen LogP contribution in [0.4, 0.5) is 22.7 Å². The number of carboxylic acid groups (broad SMARTS) is 7. The summed E-state index contributed by atoms with van der Waals surface area (Å²) in [5.41, 5.74) is 12.8. The Labute approximate surface area is 852 Å². The summed E-state index contributed by atoms with van der Waals surface area (Å²) in [7, 11) is 3.16.